The Kier molecular flexibility index (Phi) is 5.05. The average molecular weight is 234 g/mol. The van der Waals surface area contributed by atoms with E-state index in [-0.39, 0.29) is 6.61 Å². The fourth-order valence-corrected chi connectivity index (χ4v) is 1.52. The normalized spacial score (nSPS) is 11.4. The van der Waals surface area contributed by atoms with Crippen molar-refractivity contribution in [1.82, 2.24) is 0 Å². The molecule has 5 heteroatoms. The van der Waals surface area contributed by atoms with Crippen molar-refractivity contribution in [3.8, 4) is 0 Å². The Hall–Kier alpha value is -0.470. The van der Waals surface area contributed by atoms with Crippen molar-refractivity contribution in [1.29, 1.82) is 0 Å². The maximum atomic E-state index is 11.0. The SMILES string of the molecule is CCO[P+](=O)OCc1ccc(Cl)cc1. The summed E-state index contributed by atoms with van der Waals surface area (Å²) in [6.07, 6.45) is 0. The van der Waals surface area contributed by atoms with E-state index in [9.17, 15) is 4.57 Å². The summed E-state index contributed by atoms with van der Waals surface area (Å²) in [5, 5.41) is 0.669. The van der Waals surface area contributed by atoms with Crippen LogP contribution in [0.1, 0.15) is 12.5 Å². The molecule has 0 saturated carbocycles. The van der Waals surface area contributed by atoms with Crippen molar-refractivity contribution in [2.24, 2.45) is 0 Å². The summed E-state index contributed by atoms with van der Waals surface area (Å²) >= 11 is 5.70. The van der Waals surface area contributed by atoms with Gasteiger partial charge in [0.05, 0.1) is 0 Å². The van der Waals surface area contributed by atoms with Crippen LogP contribution in [0.3, 0.4) is 0 Å². The second kappa shape index (κ2) is 6.10. The van der Waals surface area contributed by atoms with E-state index in [0.29, 0.717) is 11.6 Å². The second-order valence-corrected chi connectivity index (χ2v) is 3.94. The third kappa shape index (κ3) is 4.16. The van der Waals surface area contributed by atoms with Crippen LogP contribution in [0.15, 0.2) is 24.3 Å². The number of rotatable bonds is 5. The summed E-state index contributed by atoms with van der Waals surface area (Å²) in [7, 11) is -1.99. The summed E-state index contributed by atoms with van der Waals surface area (Å²) in [4.78, 5) is 0. The van der Waals surface area contributed by atoms with Gasteiger partial charge in [0.1, 0.15) is 13.2 Å². The molecule has 0 saturated heterocycles. The summed E-state index contributed by atoms with van der Waals surface area (Å²) in [5.41, 5.74) is 0.914. The topological polar surface area (TPSA) is 35.5 Å². The van der Waals surface area contributed by atoms with Gasteiger partial charge in [-0.2, -0.15) is 0 Å². The molecular weight excluding hydrogens is 223 g/mol. The third-order valence-electron chi connectivity index (χ3n) is 1.48. The molecule has 0 N–H and O–H groups in total. The minimum atomic E-state index is -1.99. The molecule has 0 heterocycles. The predicted molar refractivity (Wildman–Crippen MR) is 55.5 cm³/mol. The molecule has 0 spiro atoms. The molecule has 0 aliphatic carbocycles. The fourth-order valence-electron chi connectivity index (χ4n) is 0.851. The Morgan fingerprint density at radius 2 is 1.93 bits per heavy atom. The van der Waals surface area contributed by atoms with Crippen molar-refractivity contribution in [3.63, 3.8) is 0 Å². The standard InChI is InChI=1S/C9H11ClO3P/c1-2-12-14(11)13-7-8-3-5-9(10)6-4-8/h3-6H,2,7H2,1H3/q+1. The second-order valence-electron chi connectivity index (χ2n) is 2.54. The van der Waals surface area contributed by atoms with Gasteiger partial charge in [0.2, 0.25) is 0 Å². The zero-order valence-electron chi connectivity index (χ0n) is 7.77. The molecule has 0 amide bonds. The van der Waals surface area contributed by atoms with Crippen LogP contribution in [0.2, 0.25) is 5.02 Å². The van der Waals surface area contributed by atoms with Gasteiger partial charge in [-0.3, -0.25) is 0 Å². The Morgan fingerprint density at radius 1 is 1.29 bits per heavy atom. The Morgan fingerprint density at radius 3 is 2.50 bits per heavy atom. The van der Waals surface area contributed by atoms with Gasteiger partial charge < -0.3 is 0 Å². The van der Waals surface area contributed by atoms with Crippen LogP contribution in [-0.4, -0.2) is 6.61 Å². The first-order valence-electron chi connectivity index (χ1n) is 4.20. The Balaban J connectivity index is 2.38. The first kappa shape index (κ1) is 11.6. The molecule has 14 heavy (non-hydrogen) atoms. The van der Waals surface area contributed by atoms with Gasteiger partial charge in [-0.25, -0.2) is 0 Å². The number of hydrogen-bond donors (Lipinski definition) is 0. The zero-order valence-corrected chi connectivity index (χ0v) is 9.42. The van der Waals surface area contributed by atoms with Crippen molar-refractivity contribution in [2.45, 2.75) is 13.5 Å². The summed E-state index contributed by atoms with van der Waals surface area (Å²) in [6, 6.07) is 7.15. The van der Waals surface area contributed by atoms with Crippen molar-refractivity contribution >= 4 is 19.9 Å². The van der Waals surface area contributed by atoms with Gasteiger partial charge >= 0.3 is 8.25 Å². The Labute approximate surface area is 88.9 Å². The van der Waals surface area contributed by atoms with Crippen molar-refractivity contribution < 1.29 is 13.6 Å². The van der Waals surface area contributed by atoms with Crippen LogP contribution in [0.25, 0.3) is 0 Å². The first-order valence-corrected chi connectivity index (χ1v) is 5.67. The summed E-state index contributed by atoms with van der Waals surface area (Å²) < 4.78 is 20.7. The van der Waals surface area contributed by atoms with E-state index in [1.807, 2.05) is 12.1 Å². The number of halogens is 1. The highest BCUT2D eigenvalue weighted by atomic mass is 35.5. The molecule has 0 fully saturated rings. The minimum absolute atomic E-state index is 0.270. The molecule has 1 atom stereocenters. The van der Waals surface area contributed by atoms with Crippen LogP contribution in [0.4, 0.5) is 0 Å². The van der Waals surface area contributed by atoms with Gasteiger partial charge in [-0.15, -0.1) is 9.05 Å². The third-order valence-corrected chi connectivity index (χ3v) is 2.55. The van der Waals surface area contributed by atoms with Gasteiger partial charge in [0, 0.05) is 9.59 Å². The molecule has 1 aromatic carbocycles. The molecule has 76 valence electrons. The molecule has 0 aliphatic heterocycles. The molecule has 0 aliphatic rings. The quantitative estimate of drug-likeness (QED) is 0.730. The van der Waals surface area contributed by atoms with Crippen LogP contribution in [0.5, 0.6) is 0 Å². The highest BCUT2D eigenvalue weighted by Gasteiger charge is 2.18. The lowest BCUT2D eigenvalue weighted by molar-refractivity contribution is 0.227. The van der Waals surface area contributed by atoms with Crippen molar-refractivity contribution in [2.75, 3.05) is 6.61 Å². The highest BCUT2D eigenvalue weighted by molar-refractivity contribution is 7.33. The van der Waals surface area contributed by atoms with Gasteiger partial charge in [0.15, 0.2) is 0 Å². The summed E-state index contributed by atoms with van der Waals surface area (Å²) in [6.45, 7) is 2.42. The largest absolute Gasteiger partial charge is 0.697 e. The van der Waals surface area contributed by atoms with Gasteiger partial charge in [0.25, 0.3) is 0 Å². The van der Waals surface area contributed by atoms with Crippen LogP contribution >= 0.6 is 19.9 Å². The number of benzene rings is 1. The molecule has 0 bridgehead atoms. The summed E-state index contributed by atoms with van der Waals surface area (Å²) in [5.74, 6) is 0. The molecular formula is C9H11ClO3P+. The maximum absolute atomic E-state index is 11.0. The first-order chi connectivity index (χ1) is 6.72. The molecule has 3 nitrogen and oxygen atoms in total. The monoisotopic (exact) mass is 233 g/mol. The average Bonchev–Trinajstić information content (AvgIpc) is 2.17. The van der Waals surface area contributed by atoms with E-state index in [1.165, 1.54) is 0 Å². The van der Waals surface area contributed by atoms with E-state index >= 15 is 0 Å². The maximum Gasteiger partial charge on any atom is 0.697 e. The van der Waals surface area contributed by atoms with E-state index in [2.05, 4.69) is 0 Å². The van der Waals surface area contributed by atoms with Crippen LogP contribution in [-0.2, 0) is 20.2 Å². The lowest BCUT2D eigenvalue weighted by Gasteiger charge is -1.94. The van der Waals surface area contributed by atoms with Gasteiger partial charge in [-0.05, 0) is 24.6 Å². The predicted octanol–water partition coefficient (Wildman–Crippen LogP) is 3.55. The molecule has 0 aromatic heterocycles. The molecule has 1 rings (SSSR count). The number of hydrogen-bond acceptors (Lipinski definition) is 3. The van der Waals surface area contributed by atoms with E-state index < -0.39 is 8.25 Å². The fraction of sp³-hybridized carbons (Fsp3) is 0.333. The van der Waals surface area contributed by atoms with E-state index in [4.69, 9.17) is 20.6 Å². The van der Waals surface area contributed by atoms with Crippen molar-refractivity contribution in [3.05, 3.63) is 34.9 Å². The van der Waals surface area contributed by atoms with E-state index in [1.54, 1.807) is 19.1 Å². The van der Waals surface area contributed by atoms with Crippen LogP contribution < -0.4 is 0 Å². The van der Waals surface area contributed by atoms with Crippen LogP contribution in [0, 0.1) is 0 Å². The van der Waals surface area contributed by atoms with E-state index in [0.717, 1.165) is 5.56 Å². The smallest absolute Gasteiger partial charge is 0.119 e. The zero-order chi connectivity index (χ0) is 10.4. The highest BCUT2D eigenvalue weighted by Crippen LogP contribution is 2.25. The molecule has 1 unspecified atom stereocenters. The lowest BCUT2D eigenvalue weighted by atomic mass is 10.2. The molecule has 1 aromatic rings. The van der Waals surface area contributed by atoms with Gasteiger partial charge in [-0.1, -0.05) is 23.7 Å². The lowest BCUT2D eigenvalue weighted by Crippen LogP contribution is -1.87. The minimum Gasteiger partial charge on any atom is -0.119 e. The Bertz CT molecular complexity index is 299. The molecule has 0 radical (unpaired) electrons.